The number of piperazine rings is 1. The Hall–Kier alpha value is -3.03. The number of pyridine rings is 1. The van der Waals surface area contributed by atoms with E-state index in [4.69, 9.17) is 11.6 Å². The fraction of sp³-hybridized carbons (Fsp3) is 0.407. The monoisotopic (exact) mass is 487 g/mol. The highest BCUT2D eigenvalue weighted by Gasteiger charge is 2.33. The van der Waals surface area contributed by atoms with E-state index in [0.29, 0.717) is 6.04 Å². The lowest BCUT2D eigenvalue weighted by Crippen LogP contribution is -2.48. The molecule has 0 amide bonds. The Morgan fingerprint density at radius 1 is 0.886 bits per heavy atom. The van der Waals surface area contributed by atoms with Crippen molar-refractivity contribution >= 4 is 28.2 Å². The van der Waals surface area contributed by atoms with Crippen molar-refractivity contribution < 1.29 is 0 Å². The van der Waals surface area contributed by atoms with Crippen molar-refractivity contribution in [2.45, 2.75) is 44.2 Å². The first-order chi connectivity index (χ1) is 17.3. The second-order valence-electron chi connectivity index (χ2n) is 9.63. The van der Waals surface area contributed by atoms with Gasteiger partial charge in [-0.1, -0.05) is 49.1 Å². The van der Waals surface area contributed by atoms with E-state index in [1.165, 1.54) is 30.5 Å². The first kappa shape index (κ1) is 22.4. The lowest BCUT2D eigenvalue weighted by molar-refractivity contribution is 0.193. The third-order valence-electron chi connectivity index (χ3n) is 7.48. The molecule has 1 aliphatic carbocycles. The molecule has 35 heavy (non-hydrogen) atoms. The van der Waals surface area contributed by atoms with Crippen molar-refractivity contribution in [2.75, 3.05) is 31.1 Å². The van der Waals surface area contributed by atoms with E-state index in [9.17, 15) is 0 Å². The number of anilines is 1. The molecule has 2 aromatic heterocycles. The van der Waals surface area contributed by atoms with Crippen molar-refractivity contribution in [1.82, 2.24) is 30.1 Å². The fourth-order valence-electron chi connectivity index (χ4n) is 5.66. The first-order valence-electron chi connectivity index (χ1n) is 12.6. The van der Waals surface area contributed by atoms with Crippen LogP contribution in [0.15, 0.2) is 60.8 Å². The van der Waals surface area contributed by atoms with Crippen molar-refractivity contribution in [3.8, 4) is 0 Å². The predicted molar refractivity (Wildman–Crippen MR) is 139 cm³/mol. The fourth-order valence-corrected chi connectivity index (χ4v) is 5.85. The van der Waals surface area contributed by atoms with E-state index in [-0.39, 0.29) is 6.04 Å². The molecule has 0 N–H and O–H groups in total. The molecule has 2 aliphatic rings. The van der Waals surface area contributed by atoms with Gasteiger partial charge in [-0.15, -0.1) is 5.10 Å². The van der Waals surface area contributed by atoms with Gasteiger partial charge in [-0.25, -0.2) is 4.68 Å². The average Bonchev–Trinajstić information content (AvgIpc) is 3.39. The number of fused-ring (bicyclic) bond motifs is 1. The Morgan fingerprint density at radius 2 is 1.74 bits per heavy atom. The maximum absolute atomic E-state index is 6.26. The third kappa shape index (κ3) is 4.62. The van der Waals surface area contributed by atoms with Crippen molar-refractivity contribution in [2.24, 2.45) is 0 Å². The number of hydrogen-bond acceptors (Lipinski definition) is 6. The highest BCUT2D eigenvalue weighted by Crippen LogP contribution is 2.35. The molecule has 1 atom stereocenters. The zero-order chi connectivity index (χ0) is 23.6. The first-order valence-corrected chi connectivity index (χ1v) is 13.0. The van der Waals surface area contributed by atoms with E-state index in [2.05, 4.69) is 71.4 Å². The predicted octanol–water partition coefficient (Wildman–Crippen LogP) is 5.29. The van der Waals surface area contributed by atoms with E-state index in [0.717, 1.165) is 60.8 Å². The van der Waals surface area contributed by atoms with Crippen LogP contribution in [-0.4, -0.2) is 56.3 Å². The molecule has 4 aromatic rings. The molecular weight excluding hydrogens is 458 g/mol. The highest BCUT2D eigenvalue weighted by atomic mass is 35.5. The van der Waals surface area contributed by atoms with Gasteiger partial charge < -0.3 is 4.90 Å². The standard InChI is InChI=1S/C27H30ClN7/c28-22-7-4-10-24(19-22)33-14-16-34(17-15-33)26(21-11-12-25-20(18-21)6-5-13-29-25)27-30-31-32-35(27)23-8-2-1-3-9-23/h4-7,10-13,18-19,23,26H,1-3,8-9,14-17H2. The molecule has 7 nitrogen and oxygen atoms in total. The van der Waals surface area contributed by atoms with Crippen LogP contribution in [0.3, 0.4) is 0 Å². The van der Waals surface area contributed by atoms with Crippen LogP contribution in [0.4, 0.5) is 5.69 Å². The number of rotatable bonds is 5. The molecule has 2 aromatic carbocycles. The molecule has 2 fully saturated rings. The summed E-state index contributed by atoms with van der Waals surface area (Å²) in [4.78, 5) is 9.46. The Morgan fingerprint density at radius 3 is 2.57 bits per heavy atom. The van der Waals surface area contributed by atoms with Gasteiger partial charge in [0.2, 0.25) is 0 Å². The summed E-state index contributed by atoms with van der Waals surface area (Å²) >= 11 is 6.26. The summed E-state index contributed by atoms with van der Waals surface area (Å²) in [5.74, 6) is 0.955. The van der Waals surface area contributed by atoms with Gasteiger partial charge in [0, 0.05) is 48.5 Å². The summed E-state index contributed by atoms with van der Waals surface area (Å²) in [7, 11) is 0. The van der Waals surface area contributed by atoms with E-state index < -0.39 is 0 Å². The molecule has 3 heterocycles. The molecule has 1 aliphatic heterocycles. The Kier molecular flexibility index (Phi) is 6.35. The lowest BCUT2D eigenvalue weighted by atomic mass is 9.94. The summed E-state index contributed by atoms with van der Waals surface area (Å²) in [5.41, 5.74) is 3.40. The van der Waals surface area contributed by atoms with Crippen LogP contribution in [0, 0.1) is 0 Å². The van der Waals surface area contributed by atoms with Gasteiger partial charge in [0.15, 0.2) is 5.82 Å². The largest absolute Gasteiger partial charge is 0.369 e. The summed E-state index contributed by atoms with van der Waals surface area (Å²) in [6.07, 6.45) is 7.94. The number of aromatic nitrogens is 5. The van der Waals surface area contributed by atoms with Gasteiger partial charge in [-0.3, -0.25) is 9.88 Å². The molecule has 0 radical (unpaired) electrons. The molecule has 180 valence electrons. The lowest BCUT2D eigenvalue weighted by Gasteiger charge is -2.40. The molecule has 8 heteroatoms. The minimum atomic E-state index is -0.00181. The SMILES string of the molecule is Clc1cccc(N2CCN(C(c3ccc4ncccc4c3)c3nnnn3C3CCCCC3)CC2)c1. The van der Waals surface area contributed by atoms with Gasteiger partial charge >= 0.3 is 0 Å². The van der Waals surface area contributed by atoms with Crippen LogP contribution in [0.25, 0.3) is 10.9 Å². The van der Waals surface area contributed by atoms with Gasteiger partial charge in [0.1, 0.15) is 0 Å². The van der Waals surface area contributed by atoms with Crippen LogP contribution in [-0.2, 0) is 0 Å². The maximum atomic E-state index is 6.26. The number of hydrogen-bond donors (Lipinski definition) is 0. The maximum Gasteiger partial charge on any atom is 0.173 e. The number of benzene rings is 2. The Bertz CT molecular complexity index is 1290. The number of halogens is 1. The quantitative estimate of drug-likeness (QED) is 0.381. The summed E-state index contributed by atoms with van der Waals surface area (Å²) in [6.45, 7) is 3.69. The third-order valence-corrected chi connectivity index (χ3v) is 7.71. The topological polar surface area (TPSA) is 63.0 Å². The highest BCUT2D eigenvalue weighted by molar-refractivity contribution is 6.30. The van der Waals surface area contributed by atoms with Crippen LogP contribution >= 0.6 is 11.6 Å². The molecule has 1 unspecified atom stereocenters. The van der Waals surface area contributed by atoms with E-state index in [1.807, 2.05) is 24.4 Å². The van der Waals surface area contributed by atoms with Gasteiger partial charge in [-0.05, 0) is 65.2 Å². The Balaban J connectivity index is 1.34. The zero-order valence-electron chi connectivity index (χ0n) is 19.8. The van der Waals surface area contributed by atoms with Crippen LogP contribution in [0.5, 0.6) is 0 Å². The van der Waals surface area contributed by atoms with Crippen LogP contribution in [0.1, 0.15) is 55.6 Å². The molecule has 0 bridgehead atoms. The minimum Gasteiger partial charge on any atom is -0.369 e. The number of nitrogens with zero attached hydrogens (tertiary/aromatic N) is 7. The Labute approximate surface area is 210 Å². The number of tetrazole rings is 1. The zero-order valence-corrected chi connectivity index (χ0v) is 20.6. The van der Waals surface area contributed by atoms with Gasteiger partial charge in [0.25, 0.3) is 0 Å². The van der Waals surface area contributed by atoms with Crippen molar-refractivity contribution in [3.63, 3.8) is 0 Å². The van der Waals surface area contributed by atoms with Crippen LogP contribution < -0.4 is 4.90 Å². The minimum absolute atomic E-state index is 0.00181. The molecule has 1 saturated heterocycles. The summed E-state index contributed by atoms with van der Waals surface area (Å²) in [6, 6.07) is 19.2. The van der Waals surface area contributed by atoms with E-state index in [1.54, 1.807) is 0 Å². The second-order valence-corrected chi connectivity index (χ2v) is 10.1. The van der Waals surface area contributed by atoms with Crippen molar-refractivity contribution in [3.05, 3.63) is 77.2 Å². The molecule has 1 saturated carbocycles. The molecule has 0 spiro atoms. The molecular formula is C27H30ClN7. The smallest absolute Gasteiger partial charge is 0.173 e. The summed E-state index contributed by atoms with van der Waals surface area (Å²) < 4.78 is 2.13. The van der Waals surface area contributed by atoms with E-state index >= 15 is 0 Å². The molecule has 6 rings (SSSR count). The van der Waals surface area contributed by atoms with Gasteiger partial charge in [0.05, 0.1) is 17.6 Å². The van der Waals surface area contributed by atoms with Gasteiger partial charge in [-0.2, -0.15) is 0 Å². The second kappa shape index (κ2) is 9.91. The summed E-state index contributed by atoms with van der Waals surface area (Å²) in [5, 5.41) is 15.2. The normalized spacial score (nSPS) is 18.7. The van der Waals surface area contributed by atoms with Crippen molar-refractivity contribution in [1.29, 1.82) is 0 Å². The van der Waals surface area contributed by atoms with Crippen LogP contribution in [0.2, 0.25) is 5.02 Å². The average molecular weight is 488 g/mol.